The highest BCUT2D eigenvalue weighted by molar-refractivity contribution is 7.07. The van der Waals surface area contributed by atoms with E-state index in [0.29, 0.717) is 13.2 Å². The molecule has 0 saturated heterocycles. The van der Waals surface area contributed by atoms with Gasteiger partial charge in [-0.15, -0.1) is 11.3 Å². The van der Waals surface area contributed by atoms with Crippen molar-refractivity contribution in [1.82, 2.24) is 4.57 Å². The molecule has 0 N–H and O–H groups in total. The lowest BCUT2D eigenvalue weighted by Crippen LogP contribution is -2.18. The Bertz CT molecular complexity index is 1000. The van der Waals surface area contributed by atoms with Gasteiger partial charge < -0.3 is 18.8 Å². The van der Waals surface area contributed by atoms with Gasteiger partial charge in [0.15, 0.2) is 4.80 Å². The minimum atomic E-state index is 0.593. The molecule has 0 fully saturated rings. The zero-order chi connectivity index (χ0) is 20.1. The third-order valence-electron chi connectivity index (χ3n) is 4.43. The number of aromatic nitrogens is 1. The minimum absolute atomic E-state index is 0.593. The van der Waals surface area contributed by atoms with Crippen molar-refractivity contribution in [2.75, 3.05) is 27.9 Å². The number of thiazole rings is 1. The molecule has 6 heteroatoms. The number of hydrogen-bond donors (Lipinski definition) is 0. The largest absolute Gasteiger partial charge is 0.497 e. The number of benzene rings is 2. The summed E-state index contributed by atoms with van der Waals surface area (Å²) >= 11 is 1.61. The molecular weight excluding hydrogens is 372 g/mol. The Morgan fingerprint density at radius 1 is 0.964 bits per heavy atom. The SMILES string of the molecule is COCCn1c(-c2cc(OC)ccc2OC)csc1=Nc1cc(C)cc(C)c1. The summed E-state index contributed by atoms with van der Waals surface area (Å²) in [6.07, 6.45) is 0. The maximum absolute atomic E-state index is 5.59. The summed E-state index contributed by atoms with van der Waals surface area (Å²) < 4.78 is 18.5. The highest BCUT2D eigenvalue weighted by atomic mass is 32.1. The van der Waals surface area contributed by atoms with Crippen LogP contribution in [0.4, 0.5) is 5.69 Å². The van der Waals surface area contributed by atoms with Crippen LogP contribution in [0.5, 0.6) is 11.5 Å². The van der Waals surface area contributed by atoms with E-state index in [-0.39, 0.29) is 0 Å². The normalized spacial score (nSPS) is 11.7. The highest BCUT2D eigenvalue weighted by Gasteiger charge is 2.14. The molecule has 0 aliphatic carbocycles. The van der Waals surface area contributed by atoms with Crippen molar-refractivity contribution < 1.29 is 14.2 Å². The zero-order valence-electron chi connectivity index (χ0n) is 17.0. The minimum Gasteiger partial charge on any atom is -0.497 e. The van der Waals surface area contributed by atoms with E-state index >= 15 is 0 Å². The van der Waals surface area contributed by atoms with Gasteiger partial charge in [0.05, 0.1) is 32.2 Å². The Hall–Kier alpha value is -2.57. The summed E-state index contributed by atoms with van der Waals surface area (Å²) in [4.78, 5) is 5.83. The van der Waals surface area contributed by atoms with Gasteiger partial charge in [-0.05, 0) is 55.3 Å². The highest BCUT2D eigenvalue weighted by Crippen LogP contribution is 2.34. The van der Waals surface area contributed by atoms with Crippen molar-refractivity contribution in [3.05, 3.63) is 57.7 Å². The second-order valence-electron chi connectivity index (χ2n) is 6.57. The molecule has 1 aromatic heterocycles. The molecule has 3 aromatic rings. The van der Waals surface area contributed by atoms with Crippen molar-refractivity contribution in [3.8, 4) is 22.8 Å². The molecule has 28 heavy (non-hydrogen) atoms. The Balaban J connectivity index is 2.17. The second-order valence-corrected chi connectivity index (χ2v) is 7.41. The number of rotatable bonds is 7. The van der Waals surface area contributed by atoms with Gasteiger partial charge in [0.25, 0.3) is 0 Å². The number of ether oxygens (including phenoxy) is 3. The van der Waals surface area contributed by atoms with Crippen LogP contribution in [-0.2, 0) is 11.3 Å². The lowest BCUT2D eigenvalue weighted by Gasteiger charge is -2.13. The third-order valence-corrected chi connectivity index (χ3v) is 5.29. The summed E-state index contributed by atoms with van der Waals surface area (Å²) in [5, 5.41) is 2.11. The second kappa shape index (κ2) is 9.08. The summed E-state index contributed by atoms with van der Waals surface area (Å²) in [6.45, 7) is 5.47. The van der Waals surface area contributed by atoms with Gasteiger partial charge in [-0.3, -0.25) is 0 Å². The molecule has 0 amide bonds. The Morgan fingerprint density at radius 2 is 1.71 bits per heavy atom. The maximum atomic E-state index is 5.59. The van der Waals surface area contributed by atoms with Gasteiger partial charge >= 0.3 is 0 Å². The Morgan fingerprint density at radius 3 is 2.36 bits per heavy atom. The molecule has 3 rings (SSSR count). The fourth-order valence-corrected chi connectivity index (χ4v) is 4.12. The van der Waals surface area contributed by atoms with Crippen LogP contribution in [0, 0.1) is 13.8 Å². The van der Waals surface area contributed by atoms with Crippen molar-refractivity contribution in [2.24, 2.45) is 4.99 Å². The average molecular weight is 399 g/mol. The predicted octanol–water partition coefficient (Wildman–Crippen LogP) is 4.73. The summed E-state index contributed by atoms with van der Waals surface area (Å²) in [5.41, 5.74) is 5.36. The number of hydrogen-bond acceptors (Lipinski definition) is 5. The first kappa shape index (κ1) is 20.2. The van der Waals surface area contributed by atoms with E-state index in [1.54, 1.807) is 32.7 Å². The molecule has 0 bridgehead atoms. The number of methoxy groups -OCH3 is 3. The van der Waals surface area contributed by atoms with Crippen LogP contribution in [0.1, 0.15) is 11.1 Å². The standard InChI is InChI=1S/C22H26N2O3S/c1-15-10-16(2)12-17(11-15)23-22-24(8-9-25-3)20(14-28-22)19-13-18(26-4)6-7-21(19)27-5/h6-7,10-14H,8-9H2,1-5H3. The molecule has 148 valence electrons. The van der Waals surface area contributed by atoms with E-state index in [4.69, 9.17) is 19.2 Å². The van der Waals surface area contributed by atoms with E-state index in [9.17, 15) is 0 Å². The molecule has 0 spiro atoms. The monoisotopic (exact) mass is 398 g/mol. The van der Waals surface area contributed by atoms with E-state index in [1.807, 2.05) is 18.2 Å². The molecule has 0 atom stereocenters. The first-order valence-corrected chi connectivity index (χ1v) is 9.96. The van der Waals surface area contributed by atoms with Crippen LogP contribution < -0.4 is 14.3 Å². The maximum Gasteiger partial charge on any atom is 0.190 e. The third kappa shape index (κ3) is 4.46. The quantitative estimate of drug-likeness (QED) is 0.578. The van der Waals surface area contributed by atoms with Gasteiger partial charge in [-0.25, -0.2) is 4.99 Å². The van der Waals surface area contributed by atoms with Gasteiger partial charge in [0, 0.05) is 24.6 Å². The van der Waals surface area contributed by atoms with Crippen molar-refractivity contribution in [2.45, 2.75) is 20.4 Å². The van der Waals surface area contributed by atoms with Gasteiger partial charge in [-0.2, -0.15) is 0 Å². The van der Waals surface area contributed by atoms with E-state index < -0.39 is 0 Å². The smallest absolute Gasteiger partial charge is 0.190 e. The lowest BCUT2D eigenvalue weighted by molar-refractivity contribution is 0.187. The fraction of sp³-hybridized carbons (Fsp3) is 0.318. The molecule has 1 heterocycles. The Labute approximate surface area is 169 Å². The summed E-state index contributed by atoms with van der Waals surface area (Å²) in [5.74, 6) is 1.58. The summed E-state index contributed by atoms with van der Waals surface area (Å²) in [7, 11) is 5.05. The van der Waals surface area contributed by atoms with Crippen LogP contribution in [-0.4, -0.2) is 32.5 Å². The first-order chi connectivity index (χ1) is 13.5. The van der Waals surface area contributed by atoms with Crippen LogP contribution in [0.15, 0.2) is 46.8 Å². The van der Waals surface area contributed by atoms with Crippen LogP contribution in [0.2, 0.25) is 0 Å². The molecule has 5 nitrogen and oxygen atoms in total. The van der Waals surface area contributed by atoms with Crippen molar-refractivity contribution in [1.29, 1.82) is 0 Å². The van der Waals surface area contributed by atoms with Crippen LogP contribution in [0.25, 0.3) is 11.3 Å². The Kier molecular flexibility index (Phi) is 6.54. The predicted molar refractivity (Wildman–Crippen MR) is 114 cm³/mol. The number of nitrogens with zero attached hydrogens (tertiary/aromatic N) is 2. The van der Waals surface area contributed by atoms with Gasteiger partial charge in [0.1, 0.15) is 11.5 Å². The first-order valence-electron chi connectivity index (χ1n) is 9.08. The van der Waals surface area contributed by atoms with Crippen molar-refractivity contribution in [3.63, 3.8) is 0 Å². The van der Waals surface area contributed by atoms with Crippen LogP contribution >= 0.6 is 11.3 Å². The fourth-order valence-electron chi connectivity index (χ4n) is 3.17. The molecule has 0 unspecified atom stereocenters. The molecule has 0 radical (unpaired) electrons. The average Bonchev–Trinajstić information content (AvgIpc) is 3.07. The summed E-state index contributed by atoms with van der Waals surface area (Å²) in [6, 6.07) is 12.2. The zero-order valence-corrected chi connectivity index (χ0v) is 17.8. The van der Waals surface area contributed by atoms with Crippen LogP contribution in [0.3, 0.4) is 0 Å². The van der Waals surface area contributed by atoms with Gasteiger partial charge in [-0.1, -0.05) is 6.07 Å². The van der Waals surface area contributed by atoms with Gasteiger partial charge in [0.2, 0.25) is 0 Å². The molecule has 0 saturated carbocycles. The lowest BCUT2D eigenvalue weighted by atomic mass is 10.1. The van der Waals surface area contributed by atoms with E-state index in [2.05, 4.69) is 42.0 Å². The number of aryl methyl sites for hydroxylation is 2. The molecular formula is C22H26N2O3S. The molecule has 0 aliphatic heterocycles. The van der Waals surface area contributed by atoms with E-state index in [1.165, 1.54) is 11.1 Å². The molecule has 2 aromatic carbocycles. The topological polar surface area (TPSA) is 45.0 Å². The molecule has 0 aliphatic rings. The van der Waals surface area contributed by atoms with Crippen molar-refractivity contribution >= 4 is 17.0 Å². The van der Waals surface area contributed by atoms with E-state index in [0.717, 1.165) is 33.2 Å².